The molecule has 0 fully saturated rings. The molecule has 5 amide bonds. The number of hydrogen-bond donors (Lipinski definition) is 11. The number of nitrogens with zero attached hydrogens (tertiary/aromatic N) is 4. The number of amides is 5. The van der Waals surface area contributed by atoms with Crippen molar-refractivity contribution in [3.63, 3.8) is 0 Å². The third kappa shape index (κ3) is 41.7. The van der Waals surface area contributed by atoms with Crippen LogP contribution < -0.4 is 43.8 Å². The van der Waals surface area contributed by atoms with Crippen molar-refractivity contribution in [1.29, 1.82) is 0 Å². The molecule has 0 saturated carbocycles. The van der Waals surface area contributed by atoms with E-state index in [1.165, 1.54) is 68.4 Å². The molecular weight excluding hydrogens is 1670 g/mol. The van der Waals surface area contributed by atoms with Crippen LogP contribution in [0.15, 0.2) is 60.7 Å². The maximum atomic E-state index is 14.3. The number of carbonyl (C=O) groups is 8. The number of sulfone groups is 2. The summed E-state index contributed by atoms with van der Waals surface area (Å²) in [6.07, 6.45) is -1.45. The first kappa shape index (κ1) is 102. The van der Waals surface area contributed by atoms with Crippen molar-refractivity contribution in [3.8, 4) is 0 Å². The average Bonchev–Trinajstić information content (AvgIpc) is 0.818. The van der Waals surface area contributed by atoms with E-state index in [0.717, 1.165) is 0 Å². The lowest BCUT2D eigenvalue weighted by atomic mass is 10.1. The number of hydrogen-bond acceptors (Lipinski definition) is 21. The summed E-state index contributed by atoms with van der Waals surface area (Å²) in [4.78, 5) is 99.8. The minimum Gasteiger partial charge on any atom is -0.480 e. The highest BCUT2D eigenvalue weighted by molar-refractivity contribution is 7.91. The second-order valence-electron chi connectivity index (χ2n) is 23.5. The van der Waals surface area contributed by atoms with E-state index in [-0.39, 0.29) is 124 Å². The van der Waals surface area contributed by atoms with E-state index in [0.29, 0.717) is 11.8 Å². The van der Waals surface area contributed by atoms with Crippen molar-refractivity contribution >= 4 is 190 Å². The summed E-state index contributed by atoms with van der Waals surface area (Å²) in [6.45, 7) is 5.60. The zero-order valence-corrected chi connectivity index (χ0v) is 69.6. The van der Waals surface area contributed by atoms with Gasteiger partial charge in [-0.15, -0.1) is 92.8 Å². The Kier molecular flexibility index (Phi) is 51.5. The fraction of sp³-hybridized carbons (Fsp3) is 0.655. The molecule has 2 aromatic rings. The van der Waals surface area contributed by atoms with Gasteiger partial charge < -0.3 is 77.3 Å². The molecule has 0 aromatic heterocycles. The van der Waals surface area contributed by atoms with Gasteiger partial charge in [-0.2, -0.15) is 0 Å². The highest BCUT2D eigenvalue weighted by Crippen LogP contribution is 2.55. The largest absolute Gasteiger partial charge is 0.480 e. The van der Waals surface area contributed by atoms with E-state index in [1.807, 2.05) is 0 Å². The van der Waals surface area contributed by atoms with E-state index < -0.39 is 182 Å². The van der Waals surface area contributed by atoms with E-state index in [2.05, 4.69) is 26.6 Å². The molecule has 47 heteroatoms. The molecule has 0 aliphatic carbocycles. The molecule has 2 rings (SSSR count). The van der Waals surface area contributed by atoms with Gasteiger partial charge in [0.2, 0.25) is 29.5 Å². The van der Waals surface area contributed by atoms with Crippen LogP contribution in [-0.2, 0) is 85.3 Å². The number of rotatable bonds is 53. The Morgan fingerprint density at radius 2 is 0.743 bits per heavy atom. The van der Waals surface area contributed by atoms with E-state index in [9.17, 15) is 78.6 Å². The van der Waals surface area contributed by atoms with Gasteiger partial charge in [0.25, 0.3) is 0 Å². The van der Waals surface area contributed by atoms with Gasteiger partial charge in [-0.3, -0.25) is 42.7 Å². The number of nitrogens with two attached hydrogens (primary N) is 3. The van der Waals surface area contributed by atoms with Gasteiger partial charge in [-0.1, -0.05) is 60.7 Å². The predicted molar refractivity (Wildman–Crippen MR) is 413 cm³/mol. The fourth-order valence-electron chi connectivity index (χ4n) is 8.62. The number of carboxylic acid groups (broad SMARTS) is 3. The number of carbonyl (C=O) groups excluding carboxylic acids is 5. The first-order valence-electron chi connectivity index (χ1n) is 32.0. The Labute approximate surface area is 653 Å². The van der Waals surface area contributed by atoms with E-state index in [4.69, 9.17) is 129 Å². The maximum Gasteiger partial charge on any atom is 0.346 e. The smallest absolute Gasteiger partial charge is 0.346 e. The Balaban J connectivity index is 0.00000192. The molecule has 0 unspecified atom stereocenters. The van der Waals surface area contributed by atoms with Gasteiger partial charge in [0, 0.05) is 119 Å². The normalized spacial score (nSPS) is 13.9. The summed E-state index contributed by atoms with van der Waals surface area (Å²) in [7, 11) is -21.1. The second kappa shape index (κ2) is 53.0. The van der Waals surface area contributed by atoms with Crippen LogP contribution in [0.3, 0.4) is 0 Å². The molecule has 0 spiro atoms. The minimum atomic E-state index is -4.31. The summed E-state index contributed by atoms with van der Waals surface area (Å²) in [5.74, 6) is -12.1. The van der Waals surface area contributed by atoms with Gasteiger partial charge in [-0.05, 0) is 50.6 Å². The van der Waals surface area contributed by atoms with Crippen LogP contribution in [-0.4, -0.2) is 297 Å². The van der Waals surface area contributed by atoms with Crippen molar-refractivity contribution in [1.82, 2.24) is 45.3 Å². The highest BCUT2D eigenvalue weighted by Gasteiger charge is 2.41. The predicted octanol–water partition coefficient (Wildman–Crippen LogP) is 4.55. The lowest BCUT2D eigenvalue weighted by molar-refractivity contribution is -0.142. The van der Waals surface area contributed by atoms with Gasteiger partial charge >= 0.3 is 33.2 Å². The standard InChI is InChI=1S/C29H48Cl4N6O10P2S.C26H40Cl4N5O10PS.C3H10NOP/c1-50(2,45)21-35-28(42)26(22-6-4-3-5-7-22)37-27(41)24(36-25(40)9-8-23(34)29(43)44)20-52(47,48)19-18-49-51(46,38(14-10-30)15-11-31)39(16-12-32)17-13-33;27-8-12-34(13-9-28)46(42,35(14-10-29)15-11-30)45-16-17-47(43,44)18-21(32-22(36)7-6-20(31)25(38)39)24(37)33-23(26(40)41)19-4-2-1-3-5-19;1-6(2,5)3-4/h3-7,23-24,26H,8-21,34H2,1-2H3,(H,35,42)(H,36,40)(H,37,41)(H,43,44);1-5,20-21,23H,6-18,31H2,(H,32,36)(H,33,37)(H,38,39)(H,40,41);3-4H2,1-2H3/t23-,24-,26+;20-,21-,23+;/m00./s1. The van der Waals surface area contributed by atoms with Crippen LogP contribution in [0, 0.1) is 0 Å². The molecule has 105 heavy (non-hydrogen) atoms. The first-order valence-corrected chi connectivity index (χ1v) is 48.5. The average molecular weight is 1770 g/mol. The summed E-state index contributed by atoms with van der Waals surface area (Å²) in [5, 5.41) is 39.6. The Hall–Kier alpha value is -3.02. The highest BCUT2D eigenvalue weighted by atomic mass is 35.5. The molecule has 0 radical (unpaired) electrons. The maximum absolute atomic E-state index is 14.3. The third-order valence-corrected chi connectivity index (χ3v) is 26.0. The Morgan fingerprint density at radius 1 is 0.457 bits per heavy atom. The van der Waals surface area contributed by atoms with Crippen molar-refractivity contribution in [3.05, 3.63) is 71.8 Å². The van der Waals surface area contributed by atoms with Crippen molar-refractivity contribution in [2.45, 2.75) is 61.9 Å². The fourth-order valence-corrected chi connectivity index (χ4v) is 19.3. The van der Waals surface area contributed by atoms with Crippen LogP contribution in [0.25, 0.3) is 0 Å². The summed E-state index contributed by atoms with van der Waals surface area (Å²) in [5.41, 5.74) is 16.5. The number of alkyl halides is 8. The van der Waals surface area contributed by atoms with Crippen LogP contribution in [0.2, 0.25) is 0 Å². The zero-order chi connectivity index (χ0) is 80.4. The quantitative estimate of drug-likeness (QED) is 0.0320. The molecule has 2 aromatic carbocycles. The van der Waals surface area contributed by atoms with Crippen LogP contribution in [0.5, 0.6) is 0 Å². The van der Waals surface area contributed by atoms with Crippen LogP contribution >= 0.6 is 122 Å². The van der Waals surface area contributed by atoms with E-state index in [1.54, 1.807) is 37.6 Å². The monoisotopic (exact) mass is 1770 g/mol. The topological polar surface area (TPSA) is 503 Å². The summed E-state index contributed by atoms with van der Waals surface area (Å²) >= 11 is 47.4. The number of carboxylic acids is 3. The van der Waals surface area contributed by atoms with Crippen molar-refractivity contribution in [2.24, 2.45) is 17.2 Å². The SMILES string of the molecule is CP(C)(=O)CN.CP(C)(=O)CNC(=O)[C@H](NC(=O)[C@H](CS(=O)(=O)CCOP(=O)(N(CCCl)CCCl)N(CCCl)CCCl)NC(=O)CC[C@H](N)C(=O)O)c1ccccc1.N[C@@H](CCC(=O)N[C@@H](CS(=O)(=O)CCOP(=O)(N(CCCl)CCCl)N(CCCl)CCCl)C(=O)N[C@@H](C(=O)O)c1ccccc1)C(=O)O. The third-order valence-electron chi connectivity index (χ3n) is 14.0. The van der Waals surface area contributed by atoms with Crippen molar-refractivity contribution < 1.29 is 97.8 Å². The van der Waals surface area contributed by atoms with Gasteiger partial charge in [0.15, 0.2) is 25.7 Å². The number of benzene rings is 2. The molecule has 33 nitrogen and oxygen atoms in total. The molecule has 0 bridgehead atoms. The lowest BCUT2D eigenvalue weighted by Gasteiger charge is -2.37. The minimum absolute atomic E-state index is 0.0458. The van der Waals surface area contributed by atoms with Crippen LogP contribution in [0.4, 0.5) is 0 Å². The number of halogens is 8. The van der Waals surface area contributed by atoms with Gasteiger partial charge in [-0.25, -0.2) is 40.3 Å². The molecule has 0 heterocycles. The second-order valence-corrected chi connectivity index (χ2v) is 42.7. The van der Waals surface area contributed by atoms with Crippen LogP contribution in [0.1, 0.15) is 48.9 Å². The molecular formula is C58H98Cl8N12O21P4S2. The van der Waals surface area contributed by atoms with Crippen molar-refractivity contribution in [2.75, 3.05) is 175 Å². The number of aliphatic carboxylic acids is 3. The number of nitrogens with one attached hydrogen (secondary N) is 5. The molecule has 14 N–H and O–H groups in total. The first-order chi connectivity index (χ1) is 49.0. The molecule has 0 saturated heterocycles. The van der Waals surface area contributed by atoms with E-state index >= 15 is 0 Å². The summed E-state index contributed by atoms with van der Waals surface area (Å²) in [6, 6.07) is 6.12. The summed E-state index contributed by atoms with van der Waals surface area (Å²) < 4.78 is 122. The van der Waals surface area contributed by atoms with Gasteiger partial charge in [0.1, 0.15) is 30.2 Å². The lowest BCUT2D eigenvalue weighted by Crippen LogP contribution is -2.53. The molecule has 604 valence electrons. The molecule has 6 atom stereocenters. The Morgan fingerprint density at radius 3 is 1.00 bits per heavy atom. The molecule has 0 aliphatic heterocycles. The zero-order valence-electron chi connectivity index (χ0n) is 58.4. The van der Waals surface area contributed by atoms with Gasteiger partial charge in [0.05, 0.1) is 56.8 Å². The Bertz CT molecular complexity index is 3390. The molecule has 0 aliphatic rings.